The third-order valence-corrected chi connectivity index (χ3v) is 5.41. The van der Waals surface area contributed by atoms with Crippen molar-refractivity contribution >= 4 is 39.0 Å². The van der Waals surface area contributed by atoms with Gasteiger partial charge in [0.2, 0.25) is 5.91 Å². The molecule has 0 aliphatic rings. The SMILES string of the molecule is CCc1cc2c(NCC(=O)N(CC)c3cccc(C)c3)nc(C)nc2s1. The van der Waals surface area contributed by atoms with E-state index in [1.165, 1.54) is 4.88 Å². The van der Waals surface area contributed by atoms with Crippen LogP contribution in [-0.4, -0.2) is 29.0 Å². The van der Waals surface area contributed by atoms with Gasteiger partial charge in [-0.3, -0.25) is 4.79 Å². The van der Waals surface area contributed by atoms with Crippen LogP contribution in [0.15, 0.2) is 30.3 Å². The Kier molecular flexibility index (Phi) is 5.52. The third kappa shape index (κ3) is 3.85. The van der Waals surface area contributed by atoms with Gasteiger partial charge in [0, 0.05) is 17.1 Å². The summed E-state index contributed by atoms with van der Waals surface area (Å²) in [5.74, 6) is 1.47. The molecule has 0 saturated heterocycles. The average Bonchev–Trinajstić information content (AvgIpc) is 3.03. The molecule has 1 N–H and O–H groups in total. The van der Waals surface area contributed by atoms with Gasteiger partial charge in [-0.05, 0) is 51.0 Å². The number of hydrogen-bond donors (Lipinski definition) is 1. The molecule has 26 heavy (non-hydrogen) atoms. The number of nitrogens with one attached hydrogen (secondary N) is 1. The molecule has 6 heteroatoms. The number of likely N-dealkylation sites (N-methyl/N-ethyl adjacent to an activating group) is 1. The molecular weight excluding hydrogens is 344 g/mol. The lowest BCUT2D eigenvalue weighted by molar-refractivity contribution is -0.116. The van der Waals surface area contributed by atoms with Crippen molar-refractivity contribution in [3.05, 3.63) is 46.6 Å². The van der Waals surface area contributed by atoms with Gasteiger partial charge in [0.05, 0.1) is 11.9 Å². The highest BCUT2D eigenvalue weighted by molar-refractivity contribution is 7.18. The number of hydrogen-bond acceptors (Lipinski definition) is 5. The van der Waals surface area contributed by atoms with Gasteiger partial charge in [-0.2, -0.15) is 0 Å². The summed E-state index contributed by atoms with van der Waals surface area (Å²) in [4.78, 5) is 25.8. The predicted molar refractivity (Wildman–Crippen MR) is 109 cm³/mol. The molecule has 0 unspecified atom stereocenters. The second kappa shape index (κ2) is 7.83. The van der Waals surface area contributed by atoms with Crippen LogP contribution in [0.5, 0.6) is 0 Å². The lowest BCUT2D eigenvalue weighted by Gasteiger charge is -2.22. The number of aryl methyl sites for hydroxylation is 3. The fourth-order valence-corrected chi connectivity index (χ4v) is 3.95. The molecule has 1 aromatic carbocycles. The van der Waals surface area contributed by atoms with Gasteiger partial charge >= 0.3 is 0 Å². The number of aromatic nitrogens is 2. The highest BCUT2D eigenvalue weighted by Crippen LogP contribution is 2.29. The van der Waals surface area contributed by atoms with E-state index in [1.54, 1.807) is 16.2 Å². The number of carbonyl (C=O) groups is 1. The first kappa shape index (κ1) is 18.3. The summed E-state index contributed by atoms with van der Waals surface area (Å²) >= 11 is 1.68. The maximum Gasteiger partial charge on any atom is 0.246 e. The quantitative estimate of drug-likeness (QED) is 0.703. The second-order valence-corrected chi connectivity index (χ2v) is 7.35. The Morgan fingerprint density at radius 2 is 2.00 bits per heavy atom. The monoisotopic (exact) mass is 368 g/mol. The van der Waals surface area contributed by atoms with Crippen molar-refractivity contribution < 1.29 is 4.79 Å². The van der Waals surface area contributed by atoms with Crippen LogP contribution in [0.4, 0.5) is 11.5 Å². The Morgan fingerprint density at radius 3 is 2.69 bits per heavy atom. The van der Waals surface area contributed by atoms with Crippen molar-refractivity contribution in [3.8, 4) is 0 Å². The first-order valence-electron chi connectivity index (χ1n) is 8.89. The van der Waals surface area contributed by atoms with Crippen molar-refractivity contribution in [2.45, 2.75) is 34.1 Å². The molecule has 0 fully saturated rings. The minimum atomic E-state index is 0.0217. The molecule has 0 aliphatic heterocycles. The van der Waals surface area contributed by atoms with Crippen LogP contribution in [-0.2, 0) is 11.2 Å². The smallest absolute Gasteiger partial charge is 0.246 e. The van der Waals surface area contributed by atoms with E-state index in [4.69, 9.17) is 0 Å². The molecule has 3 rings (SSSR count). The van der Waals surface area contributed by atoms with Gasteiger partial charge in [0.25, 0.3) is 0 Å². The molecule has 0 saturated carbocycles. The molecule has 136 valence electrons. The first-order chi connectivity index (χ1) is 12.5. The fraction of sp³-hybridized carbons (Fsp3) is 0.350. The maximum atomic E-state index is 12.8. The molecule has 0 bridgehead atoms. The van der Waals surface area contributed by atoms with Gasteiger partial charge in [0.1, 0.15) is 16.5 Å². The van der Waals surface area contributed by atoms with Gasteiger partial charge in [-0.15, -0.1) is 11.3 Å². The first-order valence-corrected chi connectivity index (χ1v) is 9.71. The van der Waals surface area contributed by atoms with Crippen molar-refractivity contribution in [2.75, 3.05) is 23.3 Å². The van der Waals surface area contributed by atoms with Crippen molar-refractivity contribution in [2.24, 2.45) is 0 Å². The number of benzene rings is 1. The van der Waals surface area contributed by atoms with E-state index in [-0.39, 0.29) is 12.5 Å². The van der Waals surface area contributed by atoms with Crippen LogP contribution >= 0.6 is 11.3 Å². The molecule has 0 atom stereocenters. The average molecular weight is 369 g/mol. The summed E-state index contributed by atoms with van der Waals surface area (Å²) in [6.07, 6.45) is 0.968. The van der Waals surface area contributed by atoms with Crippen LogP contribution in [0.3, 0.4) is 0 Å². The lowest BCUT2D eigenvalue weighted by atomic mass is 10.2. The van der Waals surface area contributed by atoms with E-state index < -0.39 is 0 Å². The predicted octanol–water partition coefficient (Wildman–Crippen LogP) is 4.34. The van der Waals surface area contributed by atoms with E-state index >= 15 is 0 Å². The van der Waals surface area contributed by atoms with Crippen LogP contribution in [0.1, 0.15) is 30.1 Å². The molecule has 0 aliphatic carbocycles. The van der Waals surface area contributed by atoms with Gasteiger partial charge < -0.3 is 10.2 Å². The number of nitrogens with zero attached hydrogens (tertiary/aromatic N) is 3. The number of carbonyl (C=O) groups excluding carboxylic acids is 1. The Morgan fingerprint density at radius 1 is 1.19 bits per heavy atom. The summed E-state index contributed by atoms with van der Waals surface area (Å²) in [5.41, 5.74) is 2.06. The largest absolute Gasteiger partial charge is 0.360 e. The van der Waals surface area contributed by atoms with E-state index in [1.807, 2.05) is 45.0 Å². The van der Waals surface area contributed by atoms with Crippen LogP contribution in [0.2, 0.25) is 0 Å². The summed E-state index contributed by atoms with van der Waals surface area (Å²) in [6.45, 7) is 8.85. The summed E-state index contributed by atoms with van der Waals surface area (Å²) in [5, 5.41) is 4.22. The van der Waals surface area contributed by atoms with Crippen LogP contribution in [0.25, 0.3) is 10.2 Å². The molecule has 0 radical (unpaired) electrons. The van der Waals surface area contributed by atoms with E-state index in [2.05, 4.69) is 28.3 Å². The second-order valence-electron chi connectivity index (χ2n) is 6.24. The normalized spacial score (nSPS) is 10.9. The number of thiophene rings is 1. The van der Waals surface area contributed by atoms with E-state index in [0.717, 1.165) is 33.7 Å². The summed E-state index contributed by atoms with van der Waals surface area (Å²) in [6, 6.07) is 10.1. The van der Waals surface area contributed by atoms with Gasteiger partial charge in [-0.25, -0.2) is 9.97 Å². The fourth-order valence-electron chi connectivity index (χ4n) is 2.94. The molecule has 1 amide bonds. The Labute approximate surface area is 158 Å². The number of amides is 1. The topological polar surface area (TPSA) is 58.1 Å². The highest BCUT2D eigenvalue weighted by Gasteiger charge is 2.16. The number of rotatable bonds is 6. The minimum absolute atomic E-state index is 0.0217. The Hall–Kier alpha value is -2.47. The van der Waals surface area contributed by atoms with Gasteiger partial charge in [-0.1, -0.05) is 19.1 Å². The zero-order valence-corrected chi connectivity index (χ0v) is 16.5. The van der Waals surface area contributed by atoms with Crippen molar-refractivity contribution in [1.29, 1.82) is 0 Å². The number of fused-ring (bicyclic) bond motifs is 1. The molecule has 2 heterocycles. The summed E-state index contributed by atoms with van der Waals surface area (Å²) in [7, 11) is 0. The molecule has 5 nitrogen and oxygen atoms in total. The molecular formula is C20H24N4OS. The molecule has 0 spiro atoms. The molecule has 3 aromatic rings. The zero-order chi connectivity index (χ0) is 18.7. The summed E-state index contributed by atoms with van der Waals surface area (Å²) < 4.78 is 0. The lowest BCUT2D eigenvalue weighted by Crippen LogP contribution is -2.35. The van der Waals surface area contributed by atoms with Crippen molar-refractivity contribution in [3.63, 3.8) is 0 Å². The third-order valence-electron chi connectivity index (χ3n) is 4.24. The van der Waals surface area contributed by atoms with E-state index in [0.29, 0.717) is 12.4 Å². The zero-order valence-electron chi connectivity index (χ0n) is 15.7. The minimum Gasteiger partial charge on any atom is -0.360 e. The van der Waals surface area contributed by atoms with Crippen LogP contribution in [0, 0.1) is 13.8 Å². The highest BCUT2D eigenvalue weighted by atomic mass is 32.1. The van der Waals surface area contributed by atoms with E-state index in [9.17, 15) is 4.79 Å². The van der Waals surface area contributed by atoms with Gasteiger partial charge in [0.15, 0.2) is 0 Å². The standard InChI is InChI=1S/C20H24N4OS/c1-5-16-11-17-19(22-14(4)23-20(17)26-16)21-12-18(25)24(6-2)15-9-7-8-13(3)10-15/h7-11H,5-6,12H2,1-4H3,(H,21,22,23). The molecule has 2 aromatic heterocycles. The van der Waals surface area contributed by atoms with Crippen LogP contribution < -0.4 is 10.2 Å². The Balaban J connectivity index is 1.80. The number of anilines is 2. The maximum absolute atomic E-state index is 12.8. The van der Waals surface area contributed by atoms with Crippen molar-refractivity contribution in [1.82, 2.24) is 9.97 Å². The Bertz CT molecular complexity index is 935.